The largest absolute Gasteiger partial charge is 0.416 e. The molecule has 0 aliphatic rings. The maximum Gasteiger partial charge on any atom is 0.416 e. The number of anilines is 1. The minimum absolute atomic E-state index is 0.0920. The van der Waals surface area contributed by atoms with Crippen LogP contribution in [0, 0.1) is 5.92 Å². The van der Waals surface area contributed by atoms with Crippen LogP contribution in [-0.4, -0.2) is 20.7 Å². The minimum atomic E-state index is -4.47. The van der Waals surface area contributed by atoms with Crippen molar-refractivity contribution in [3.05, 3.63) is 107 Å². The molecule has 1 aromatic heterocycles. The number of carbonyl (C=O) groups is 1. The van der Waals surface area contributed by atoms with Crippen LogP contribution in [0.25, 0.3) is 0 Å². The molecule has 0 atom stereocenters. The molecule has 1 heterocycles. The summed E-state index contributed by atoms with van der Waals surface area (Å²) >= 11 is 1.57. The Morgan fingerprint density at radius 3 is 2.35 bits per heavy atom. The zero-order valence-corrected chi connectivity index (χ0v) is 21.3. The molecule has 0 aliphatic heterocycles. The predicted octanol–water partition coefficient (Wildman–Crippen LogP) is 7.09. The van der Waals surface area contributed by atoms with E-state index in [0.717, 1.165) is 35.1 Å². The van der Waals surface area contributed by atoms with E-state index < -0.39 is 17.6 Å². The fourth-order valence-corrected chi connectivity index (χ4v) is 4.66. The number of alkyl halides is 3. The van der Waals surface area contributed by atoms with Crippen LogP contribution in [0.15, 0.2) is 84.0 Å². The summed E-state index contributed by atoms with van der Waals surface area (Å²) in [6.07, 6.45) is -3.64. The molecule has 0 spiro atoms. The molecule has 0 fully saturated rings. The first-order valence-electron chi connectivity index (χ1n) is 11.9. The molecule has 4 aromatic rings. The summed E-state index contributed by atoms with van der Waals surface area (Å²) < 4.78 is 41.0. The Labute approximate surface area is 218 Å². The first-order valence-corrected chi connectivity index (χ1v) is 12.8. The normalized spacial score (nSPS) is 11.6. The Morgan fingerprint density at radius 2 is 1.68 bits per heavy atom. The van der Waals surface area contributed by atoms with Crippen molar-refractivity contribution in [2.75, 3.05) is 5.32 Å². The molecule has 5 nitrogen and oxygen atoms in total. The van der Waals surface area contributed by atoms with Gasteiger partial charge in [-0.3, -0.25) is 4.79 Å². The lowest BCUT2D eigenvalue weighted by Gasteiger charge is -2.12. The molecule has 0 saturated carbocycles. The highest BCUT2D eigenvalue weighted by molar-refractivity contribution is 7.98. The summed E-state index contributed by atoms with van der Waals surface area (Å²) in [5, 5.41) is 12.2. The van der Waals surface area contributed by atoms with Crippen molar-refractivity contribution in [3.8, 4) is 0 Å². The summed E-state index contributed by atoms with van der Waals surface area (Å²) in [6, 6.07) is 21.8. The molecule has 3 aromatic carbocycles. The molecule has 0 unspecified atom stereocenters. The smallest absolute Gasteiger partial charge is 0.322 e. The monoisotopic (exact) mass is 524 g/mol. The Balaban J connectivity index is 1.42. The maximum absolute atomic E-state index is 12.9. The first-order chi connectivity index (χ1) is 17.7. The van der Waals surface area contributed by atoms with Crippen LogP contribution in [0.2, 0.25) is 0 Å². The van der Waals surface area contributed by atoms with Gasteiger partial charge in [0, 0.05) is 23.4 Å². The molecule has 37 heavy (non-hydrogen) atoms. The summed E-state index contributed by atoms with van der Waals surface area (Å²) in [7, 11) is 0. The average Bonchev–Trinajstić information content (AvgIpc) is 3.23. The lowest BCUT2D eigenvalue weighted by molar-refractivity contribution is -0.137. The van der Waals surface area contributed by atoms with E-state index in [1.165, 1.54) is 17.7 Å². The number of rotatable bonds is 9. The van der Waals surface area contributed by atoms with Gasteiger partial charge in [-0.15, -0.1) is 10.2 Å². The molecule has 192 valence electrons. The summed E-state index contributed by atoms with van der Waals surface area (Å²) in [5.41, 5.74) is 1.80. The van der Waals surface area contributed by atoms with Crippen molar-refractivity contribution < 1.29 is 18.0 Å². The molecule has 1 N–H and O–H groups in total. The van der Waals surface area contributed by atoms with Gasteiger partial charge in [-0.1, -0.05) is 74.1 Å². The number of halogens is 3. The Kier molecular flexibility index (Phi) is 8.33. The second-order valence-corrected chi connectivity index (χ2v) is 10.0. The van der Waals surface area contributed by atoms with Gasteiger partial charge in [-0.25, -0.2) is 0 Å². The van der Waals surface area contributed by atoms with Crippen LogP contribution in [0.3, 0.4) is 0 Å². The van der Waals surface area contributed by atoms with Crippen LogP contribution < -0.4 is 5.32 Å². The van der Waals surface area contributed by atoms with E-state index >= 15 is 0 Å². The number of aromatic nitrogens is 3. The van der Waals surface area contributed by atoms with Crippen molar-refractivity contribution in [2.24, 2.45) is 5.92 Å². The number of benzene rings is 3. The fourth-order valence-electron chi connectivity index (χ4n) is 3.74. The number of nitrogens with one attached hydrogen (secondary N) is 1. The van der Waals surface area contributed by atoms with Gasteiger partial charge >= 0.3 is 6.18 Å². The Hall–Kier alpha value is -3.59. The van der Waals surface area contributed by atoms with E-state index in [4.69, 9.17) is 0 Å². The molecular weight excluding hydrogens is 497 g/mol. The second-order valence-electron chi connectivity index (χ2n) is 9.09. The predicted molar refractivity (Wildman–Crippen MR) is 140 cm³/mol. The molecule has 0 radical (unpaired) electrons. The summed E-state index contributed by atoms with van der Waals surface area (Å²) in [6.45, 7) is 4.99. The van der Waals surface area contributed by atoms with Crippen molar-refractivity contribution in [1.29, 1.82) is 0 Å². The standard InChI is InChI=1S/C28H27F3N4OS/c1-19(2)15-25-33-34-27(35(25)17-20-7-4-3-5-8-20)37-18-21-11-13-22(14-12-21)26(36)32-24-10-6-9-23(16-24)28(29,30)31/h3-14,16,19H,15,17-18H2,1-2H3,(H,32,36). The van der Waals surface area contributed by atoms with Gasteiger partial charge in [-0.2, -0.15) is 13.2 Å². The molecule has 4 rings (SSSR count). The SMILES string of the molecule is CC(C)Cc1nnc(SCc2ccc(C(=O)Nc3cccc(C(F)(F)F)c3)cc2)n1Cc1ccccc1. The molecule has 0 bridgehead atoms. The van der Waals surface area contributed by atoms with Gasteiger partial charge in [0.2, 0.25) is 0 Å². The third-order valence-corrected chi connectivity index (χ3v) is 6.64. The van der Waals surface area contributed by atoms with Gasteiger partial charge in [-0.05, 0) is 47.4 Å². The maximum atomic E-state index is 12.9. The van der Waals surface area contributed by atoms with Gasteiger partial charge in [0.1, 0.15) is 5.82 Å². The molecule has 0 saturated heterocycles. The van der Waals surface area contributed by atoms with Crippen LogP contribution >= 0.6 is 11.8 Å². The zero-order chi connectivity index (χ0) is 26.4. The topological polar surface area (TPSA) is 59.8 Å². The van der Waals surface area contributed by atoms with Crippen molar-refractivity contribution in [1.82, 2.24) is 14.8 Å². The van der Waals surface area contributed by atoms with Gasteiger partial charge in [0.05, 0.1) is 12.1 Å². The number of hydrogen-bond acceptors (Lipinski definition) is 4. The summed E-state index contributed by atoms with van der Waals surface area (Å²) in [5.74, 6) is 1.55. The number of carbonyl (C=O) groups excluding carboxylic acids is 1. The van der Waals surface area contributed by atoms with Gasteiger partial charge < -0.3 is 9.88 Å². The fraction of sp³-hybridized carbons (Fsp3) is 0.250. The highest BCUT2D eigenvalue weighted by Crippen LogP contribution is 2.31. The molecule has 1 amide bonds. The van der Waals surface area contributed by atoms with Gasteiger partial charge in [0.25, 0.3) is 5.91 Å². The Bertz CT molecular complexity index is 1340. The average molecular weight is 525 g/mol. The Morgan fingerprint density at radius 1 is 0.946 bits per heavy atom. The summed E-state index contributed by atoms with van der Waals surface area (Å²) in [4.78, 5) is 12.6. The molecule has 9 heteroatoms. The molecule has 0 aliphatic carbocycles. The second kappa shape index (κ2) is 11.6. The minimum Gasteiger partial charge on any atom is -0.322 e. The highest BCUT2D eigenvalue weighted by atomic mass is 32.2. The van der Waals surface area contributed by atoms with E-state index in [0.29, 0.717) is 23.8 Å². The third kappa shape index (κ3) is 7.22. The number of thioether (sulfide) groups is 1. The number of nitrogens with zero attached hydrogens (tertiary/aromatic N) is 3. The van der Waals surface area contributed by atoms with Crippen molar-refractivity contribution in [2.45, 2.75) is 43.9 Å². The van der Waals surface area contributed by atoms with E-state index in [1.54, 1.807) is 23.9 Å². The quantitative estimate of drug-likeness (QED) is 0.238. The van der Waals surface area contributed by atoms with Crippen molar-refractivity contribution in [3.63, 3.8) is 0 Å². The lowest BCUT2D eigenvalue weighted by Crippen LogP contribution is -2.13. The zero-order valence-electron chi connectivity index (χ0n) is 20.5. The molecular formula is C28H27F3N4OS. The van der Waals surface area contributed by atoms with Crippen LogP contribution in [0.1, 0.15) is 46.7 Å². The van der Waals surface area contributed by atoms with Crippen molar-refractivity contribution >= 4 is 23.4 Å². The first kappa shape index (κ1) is 26.5. The number of hydrogen-bond donors (Lipinski definition) is 1. The van der Waals surface area contributed by atoms with E-state index in [2.05, 4.69) is 46.1 Å². The lowest BCUT2D eigenvalue weighted by atomic mass is 10.1. The highest BCUT2D eigenvalue weighted by Gasteiger charge is 2.30. The van der Waals surface area contributed by atoms with E-state index in [9.17, 15) is 18.0 Å². The third-order valence-electron chi connectivity index (χ3n) is 5.60. The number of amides is 1. The van der Waals surface area contributed by atoms with Crippen LogP contribution in [-0.2, 0) is 24.9 Å². The van der Waals surface area contributed by atoms with Crippen LogP contribution in [0.4, 0.5) is 18.9 Å². The van der Waals surface area contributed by atoms with Crippen LogP contribution in [0.5, 0.6) is 0 Å². The van der Waals surface area contributed by atoms with E-state index in [-0.39, 0.29) is 5.69 Å². The van der Waals surface area contributed by atoms with Gasteiger partial charge in [0.15, 0.2) is 5.16 Å². The van der Waals surface area contributed by atoms with E-state index in [1.807, 2.05) is 30.3 Å².